The highest BCUT2D eigenvalue weighted by molar-refractivity contribution is 6.24. The van der Waals surface area contributed by atoms with Gasteiger partial charge < -0.3 is 0 Å². The van der Waals surface area contributed by atoms with Crippen LogP contribution in [0.1, 0.15) is 5.56 Å². The van der Waals surface area contributed by atoms with Crippen LogP contribution >= 0.6 is 0 Å². The third-order valence-corrected chi connectivity index (χ3v) is 5.86. The number of carbonyl (C=O) groups is 3. The maximum Gasteiger partial charge on any atom is 0.239 e. The van der Waals surface area contributed by atoms with Crippen molar-refractivity contribution in [3.63, 3.8) is 0 Å². The van der Waals surface area contributed by atoms with Gasteiger partial charge in [-0.2, -0.15) is 0 Å². The number of hydrogen-bond acceptors (Lipinski definition) is 4. The number of carbonyl (C=O) groups excluding carboxylic acids is 3. The molecule has 0 unspecified atom stereocenters. The number of amides is 2. The van der Waals surface area contributed by atoms with Gasteiger partial charge in [-0.1, -0.05) is 36.4 Å². The van der Waals surface area contributed by atoms with Gasteiger partial charge in [0.2, 0.25) is 11.8 Å². The van der Waals surface area contributed by atoms with Crippen molar-refractivity contribution in [3.8, 4) is 0 Å². The lowest BCUT2D eigenvalue weighted by molar-refractivity contribution is -0.129. The molecule has 3 aliphatic heterocycles. The van der Waals surface area contributed by atoms with Crippen LogP contribution in [-0.4, -0.2) is 34.6 Å². The van der Waals surface area contributed by atoms with E-state index in [4.69, 9.17) is 0 Å². The minimum absolute atomic E-state index is 0.184. The summed E-state index contributed by atoms with van der Waals surface area (Å²) in [7, 11) is 0. The Hall–Kier alpha value is -3.12. The molecule has 3 aliphatic rings. The van der Waals surface area contributed by atoms with Gasteiger partial charge in [0, 0.05) is 12.6 Å². The van der Waals surface area contributed by atoms with Gasteiger partial charge in [-0.3, -0.25) is 19.3 Å². The summed E-state index contributed by atoms with van der Waals surface area (Å²) < 4.78 is 13.6. The Balaban J connectivity index is 1.52. The maximum atomic E-state index is 13.6. The molecular weight excluding hydrogens is 359 g/mol. The van der Waals surface area contributed by atoms with Crippen molar-refractivity contribution < 1.29 is 18.8 Å². The van der Waals surface area contributed by atoms with E-state index in [1.165, 1.54) is 23.1 Å². The zero-order valence-electron chi connectivity index (χ0n) is 14.9. The fourth-order valence-corrected chi connectivity index (χ4v) is 4.75. The number of rotatable bonds is 3. The van der Waals surface area contributed by atoms with Crippen molar-refractivity contribution in [3.05, 3.63) is 78.1 Å². The predicted molar refractivity (Wildman–Crippen MR) is 99.6 cm³/mol. The molecule has 0 spiro atoms. The van der Waals surface area contributed by atoms with Gasteiger partial charge in [-0.25, -0.2) is 9.29 Å². The van der Waals surface area contributed by atoms with Crippen molar-refractivity contribution in [1.29, 1.82) is 0 Å². The molecule has 6 heteroatoms. The minimum atomic E-state index is -0.714. The van der Waals surface area contributed by atoms with Gasteiger partial charge in [0.05, 0.1) is 23.6 Å². The standard InChI is InChI=1S/C22H17FN2O3/c23-14-6-4-5-13(11-14)12-24-16-9-10-17(26)20(24)19-18(16)21(27)25(22(19)28)15-7-2-1-3-8-15/h1-11,16,18-20H,12H2/t16-,18-,19-,20+/m0/s1. The molecule has 2 saturated heterocycles. The van der Waals surface area contributed by atoms with E-state index in [2.05, 4.69) is 0 Å². The van der Waals surface area contributed by atoms with Gasteiger partial charge in [0.1, 0.15) is 5.82 Å². The lowest BCUT2D eigenvalue weighted by Gasteiger charge is -2.33. The van der Waals surface area contributed by atoms with E-state index in [1.54, 1.807) is 42.5 Å². The number of nitrogens with zero attached hydrogens (tertiary/aromatic N) is 2. The monoisotopic (exact) mass is 376 g/mol. The van der Waals surface area contributed by atoms with Crippen molar-refractivity contribution in [2.45, 2.75) is 18.6 Å². The van der Waals surface area contributed by atoms with E-state index in [0.717, 1.165) is 0 Å². The Morgan fingerprint density at radius 2 is 1.64 bits per heavy atom. The fraction of sp³-hybridized carbons (Fsp3) is 0.227. The highest BCUT2D eigenvalue weighted by Gasteiger charge is 2.64. The lowest BCUT2D eigenvalue weighted by atomic mass is 9.90. The summed E-state index contributed by atoms with van der Waals surface area (Å²) in [6, 6.07) is 13.9. The first kappa shape index (κ1) is 17.0. The van der Waals surface area contributed by atoms with Gasteiger partial charge in [-0.05, 0) is 35.9 Å². The van der Waals surface area contributed by atoms with E-state index in [1.807, 2.05) is 11.0 Å². The Labute approximate surface area is 161 Å². The summed E-state index contributed by atoms with van der Waals surface area (Å²) in [6.07, 6.45) is 3.19. The van der Waals surface area contributed by atoms with Crippen molar-refractivity contribution in [2.75, 3.05) is 4.90 Å². The van der Waals surface area contributed by atoms with E-state index < -0.39 is 17.9 Å². The van der Waals surface area contributed by atoms with E-state index in [9.17, 15) is 18.8 Å². The Bertz CT molecular complexity index is 1020. The van der Waals surface area contributed by atoms with Crippen LogP contribution in [0.2, 0.25) is 0 Å². The topological polar surface area (TPSA) is 57.7 Å². The second-order valence-corrected chi connectivity index (χ2v) is 7.40. The van der Waals surface area contributed by atoms with Crippen molar-refractivity contribution >= 4 is 23.3 Å². The average molecular weight is 376 g/mol. The molecule has 3 heterocycles. The molecule has 2 amide bonds. The molecule has 28 heavy (non-hydrogen) atoms. The van der Waals surface area contributed by atoms with Crippen LogP contribution in [-0.2, 0) is 20.9 Å². The largest absolute Gasteiger partial charge is 0.293 e. The maximum absolute atomic E-state index is 13.6. The number of halogens is 1. The zero-order chi connectivity index (χ0) is 19.4. The SMILES string of the molecule is O=C1C=C[C@H]2[C@@H]3C(=O)N(c4ccccc4)C(=O)[C@@H]3[C@@H]1N2Cc1cccc(F)c1. The highest BCUT2D eigenvalue weighted by atomic mass is 19.1. The predicted octanol–water partition coefficient (Wildman–Crippen LogP) is 2.32. The first-order valence-corrected chi connectivity index (χ1v) is 9.21. The number of fused-ring (bicyclic) bond motifs is 5. The van der Waals surface area contributed by atoms with Crippen LogP contribution < -0.4 is 4.90 Å². The molecule has 0 aliphatic carbocycles. The molecule has 0 N–H and O–H groups in total. The van der Waals surface area contributed by atoms with Crippen LogP contribution in [0.15, 0.2) is 66.7 Å². The lowest BCUT2D eigenvalue weighted by Crippen LogP contribution is -2.48. The number of benzene rings is 2. The van der Waals surface area contributed by atoms with Gasteiger partial charge in [0.25, 0.3) is 0 Å². The quantitative estimate of drug-likeness (QED) is 0.772. The van der Waals surface area contributed by atoms with Crippen molar-refractivity contribution in [1.82, 2.24) is 4.90 Å². The molecule has 2 aromatic carbocycles. The molecule has 5 rings (SSSR count). The second kappa shape index (κ2) is 6.21. The van der Waals surface area contributed by atoms with Crippen LogP contribution in [0.3, 0.4) is 0 Å². The van der Waals surface area contributed by atoms with E-state index in [0.29, 0.717) is 17.8 Å². The molecule has 2 bridgehead atoms. The molecule has 2 aromatic rings. The summed E-state index contributed by atoms with van der Waals surface area (Å²) in [5.74, 6) is -2.47. The van der Waals surface area contributed by atoms with Gasteiger partial charge in [-0.15, -0.1) is 0 Å². The zero-order valence-corrected chi connectivity index (χ0v) is 14.9. The van der Waals surface area contributed by atoms with Crippen LogP contribution in [0, 0.1) is 17.7 Å². The second-order valence-electron chi connectivity index (χ2n) is 7.40. The number of para-hydroxylation sites is 1. The third-order valence-electron chi connectivity index (χ3n) is 5.86. The normalized spacial score (nSPS) is 28.9. The first-order valence-electron chi connectivity index (χ1n) is 9.21. The summed E-state index contributed by atoms with van der Waals surface area (Å²) in [5, 5.41) is 0. The number of imide groups is 1. The first-order chi connectivity index (χ1) is 13.6. The van der Waals surface area contributed by atoms with Crippen molar-refractivity contribution in [2.24, 2.45) is 11.8 Å². The molecular formula is C22H17FN2O3. The molecule has 5 nitrogen and oxygen atoms in total. The summed E-state index contributed by atoms with van der Waals surface area (Å²) in [6.45, 7) is 0.308. The molecule has 0 aromatic heterocycles. The third kappa shape index (κ3) is 2.38. The summed E-state index contributed by atoms with van der Waals surface area (Å²) >= 11 is 0. The number of hydrogen-bond donors (Lipinski definition) is 0. The van der Waals surface area contributed by atoms with E-state index >= 15 is 0 Å². The van der Waals surface area contributed by atoms with Crippen LogP contribution in [0.4, 0.5) is 10.1 Å². The number of anilines is 1. The minimum Gasteiger partial charge on any atom is -0.293 e. The Kier molecular flexibility index (Phi) is 3.77. The summed E-state index contributed by atoms with van der Waals surface area (Å²) in [4.78, 5) is 42.1. The van der Waals surface area contributed by atoms with Gasteiger partial charge >= 0.3 is 0 Å². The van der Waals surface area contributed by atoms with Crippen LogP contribution in [0.25, 0.3) is 0 Å². The average Bonchev–Trinajstić information content (AvgIpc) is 3.06. The van der Waals surface area contributed by atoms with Gasteiger partial charge in [0.15, 0.2) is 5.78 Å². The Morgan fingerprint density at radius 3 is 2.39 bits per heavy atom. The molecule has 4 atom stereocenters. The smallest absolute Gasteiger partial charge is 0.239 e. The Morgan fingerprint density at radius 1 is 0.893 bits per heavy atom. The van der Waals surface area contributed by atoms with E-state index in [-0.39, 0.29) is 29.5 Å². The molecule has 2 fully saturated rings. The molecule has 0 saturated carbocycles. The highest BCUT2D eigenvalue weighted by Crippen LogP contribution is 2.47. The summed E-state index contributed by atoms with van der Waals surface area (Å²) in [5.41, 5.74) is 1.23. The fourth-order valence-electron chi connectivity index (χ4n) is 4.75. The number of ketones is 1. The molecule has 140 valence electrons. The van der Waals surface area contributed by atoms with Crippen LogP contribution in [0.5, 0.6) is 0 Å². The molecule has 0 radical (unpaired) electrons.